The van der Waals surface area contributed by atoms with E-state index in [2.05, 4.69) is 26.8 Å². The number of carbonyl (C=O) groups is 1. The van der Waals surface area contributed by atoms with Crippen molar-refractivity contribution in [2.24, 2.45) is 4.99 Å². The summed E-state index contributed by atoms with van der Waals surface area (Å²) in [6.07, 6.45) is 1.80. The van der Waals surface area contributed by atoms with Gasteiger partial charge in [-0.15, -0.1) is 11.8 Å². The number of carbonyl (C=O) groups excluding carboxylic acids is 1. The predicted octanol–water partition coefficient (Wildman–Crippen LogP) is 4.04. The first kappa shape index (κ1) is 19.4. The molecule has 29 heavy (non-hydrogen) atoms. The molecule has 6 nitrogen and oxygen atoms in total. The van der Waals surface area contributed by atoms with Crippen LogP contribution in [0.3, 0.4) is 0 Å². The van der Waals surface area contributed by atoms with Gasteiger partial charge in [0.2, 0.25) is 0 Å². The summed E-state index contributed by atoms with van der Waals surface area (Å²) in [4.78, 5) is 26.8. The molecule has 0 spiro atoms. The van der Waals surface area contributed by atoms with Crippen molar-refractivity contribution in [2.75, 3.05) is 17.7 Å². The Bertz CT molecular complexity index is 1050. The lowest BCUT2D eigenvalue weighted by Gasteiger charge is -2.14. The molecule has 3 aromatic rings. The highest BCUT2D eigenvalue weighted by atomic mass is 32.2. The molecule has 0 saturated carbocycles. The van der Waals surface area contributed by atoms with Crippen LogP contribution in [0, 0.1) is 0 Å². The smallest absolute Gasteiger partial charge is 0.276 e. The number of hydroxylamine groups is 1. The van der Waals surface area contributed by atoms with Crippen LogP contribution in [-0.2, 0) is 11.4 Å². The van der Waals surface area contributed by atoms with Crippen LogP contribution in [0.15, 0.2) is 65.8 Å². The molecule has 2 N–H and O–H groups in total. The molecular formula is C22H22N4O2S. The van der Waals surface area contributed by atoms with Crippen molar-refractivity contribution in [3.05, 3.63) is 71.9 Å². The number of fused-ring (bicyclic) bond motifs is 1. The molecule has 148 valence electrons. The van der Waals surface area contributed by atoms with Crippen molar-refractivity contribution in [3.8, 4) is 0 Å². The van der Waals surface area contributed by atoms with E-state index in [4.69, 9.17) is 4.84 Å². The number of amides is 1. The summed E-state index contributed by atoms with van der Waals surface area (Å²) in [6, 6.07) is 17.5. The normalized spacial score (nSPS) is 15.9. The Morgan fingerprint density at radius 1 is 1.17 bits per heavy atom. The Labute approximate surface area is 173 Å². The van der Waals surface area contributed by atoms with Crippen LogP contribution < -0.4 is 10.8 Å². The second kappa shape index (κ2) is 9.07. The lowest BCUT2D eigenvalue weighted by Crippen LogP contribution is -2.28. The lowest BCUT2D eigenvalue weighted by atomic mass is 10.1. The van der Waals surface area contributed by atoms with E-state index in [1.807, 2.05) is 49.4 Å². The van der Waals surface area contributed by atoms with Gasteiger partial charge in [0.15, 0.2) is 0 Å². The zero-order chi connectivity index (χ0) is 20.1. The Morgan fingerprint density at radius 3 is 2.86 bits per heavy atom. The van der Waals surface area contributed by atoms with Gasteiger partial charge < -0.3 is 5.32 Å². The third-order valence-corrected chi connectivity index (χ3v) is 5.74. The molecule has 2 heterocycles. The van der Waals surface area contributed by atoms with E-state index < -0.39 is 0 Å². The minimum Gasteiger partial charge on any atom is -0.380 e. The molecule has 1 atom stereocenters. The first-order valence-electron chi connectivity index (χ1n) is 9.45. The fourth-order valence-corrected chi connectivity index (χ4v) is 4.06. The second-order valence-electron chi connectivity index (χ2n) is 6.74. The molecule has 1 amide bonds. The SMILES string of the molecule is CC1=NC(CONC(=O)c2ccccc2NCc2ccnc3ccccc23)CS1. The summed E-state index contributed by atoms with van der Waals surface area (Å²) in [7, 11) is 0. The fraction of sp³-hybridized carbons (Fsp3) is 0.227. The molecule has 0 radical (unpaired) electrons. The van der Waals surface area contributed by atoms with E-state index in [1.54, 1.807) is 24.0 Å². The minimum atomic E-state index is -0.279. The summed E-state index contributed by atoms with van der Waals surface area (Å²) in [5.74, 6) is 0.610. The summed E-state index contributed by atoms with van der Waals surface area (Å²) in [5, 5.41) is 5.52. The molecule has 1 aromatic heterocycles. The van der Waals surface area contributed by atoms with Crippen LogP contribution >= 0.6 is 11.8 Å². The average molecular weight is 407 g/mol. The van der Waals surface area contributed by atoms with Crippen molar-refractivity contribution in [1.29, 1.82) is 0 Å². The molecular weight excluding hydrogens is 384 g/mol. The number of thioether (sulfide) groups is 1. The van der Waals surface area contributed by atoms with Gasteiger partial charge in [-0.3, -0.25) is 19.6 Å². The average Bonchev–Trinajstić information content (AvgIpc) is 3.17. The van der Waals surface area contributed by atoms with E-state index in [0.29, 0.717) is 18.7 Å². The lowest BCUT2D eigenvalue weighted by molar-refractivity contribution is 0.0283. The summed E-state index contributed by atoms with van der Waals surface area (Å²) >= 11 is 1.71. The van der Waals surface area contributed by atoms with Gasteiger partial charge in [-0.25, -0.2) is 5.48 Å². The number of anilines is 1. The molecule has 0 fully saturated rings. The third-order valence-electron chi connectivity index (χ3n) is 4.67. The van der Waals surface area contributed by atoms with Crippen LogP contribution in [0.4, 0.5) is 5.69 Å². The highest BCUT2D eigenvalue weighted by molar-refractivity contribution is 8.14. The van der Waals surface area contributed by atoms with E-state index in [9.17, 15) is 4.79 Å². The number of hydrogen-bond acceptors (Lipinski definition) is 6. The number of hydrogen-bond donors (Lipinski definition) is 2. The summed E-state index contributed by atoms with van der Waals surface area (Å²) in [5.41, 5.74) is 5.90. The maximum Gasteiger partial charge on any atom is 0.276 e. The molecule has 1 aliphatic rings. The van der Waals surface area contributed by atoms with Crippen LogP contribution in [0.25, 0.3) is 10.9 Å². The van der Waals surface area contributed by atoms with Gasteiger partial charge in [0, 0.05) is 29.6 Å². The van der Waals surface area contributed by atoms with Gasteiger partial charge in [-0.05, 0) is 36.8 Å². The number of aliphatic imine (C=N–C) groups is 1. The number of pyridine rings is 1. The number of aromatic nitrogens is 1. The van der Waals surface area contributed by atoms with Gasteiger partial charge in [0.1, 0.15) is 0 Å². The Hall–Kier alpha value is -2.90. The van der Waals surface area contributed by atoms with Gasteiger partial charge in [-0.2, -0.15) is 0 Å². The standard InChI is InChI=1S/C22H22N4O2S/c1-15-25-17(14-29-15)13-28-26-22(27)19-7-3-5-9-21(19)24-12-16-10-11-23-20-8-4-2-6-18(16)20/h2-11,17,24H,12-14H2,1H3,(H,26,27). The van der Waals surface area contributed by atoms with E-state index in [-0.39, 0.29) is 11.9 Å². The van der Waals surface area contributed by atoms with Crippen molar-refractivity contribution < 1.29 is 9.63 Å². The number of benzene rings is 2. The van der Waals surface area contributed by atoms with Crippen molar-refractivity contribution in [3.63, 3.8) is 0 Å². The van der Waals surface area contributed by atoms with Gasteiger partial charge in [0.25, 0.3) is 5.91 Å². The quantitative estimate of drug-likeness (QED) is 0.579. The van der Waals surface area contributed by atoms with Crippen LogP contribution in [0.5, 0.6) is 0 Å². The largest absolute Gasteiger partial charge is 0.380 e. The summed E-state index contributed by atoms with van der Waals surface area (Å²) < 4.78 is 0. The molecule has 1 unspecified atom stereocenters. The molecule has 0 bridgehead atoms. The van der Waals surface area contributed by atoms with Crippen molar-refractivity contribution in [2.45, 2.75) is 19.5 Å². The first-order valence-corrected chi connectivity index (χ1v) is 10.4. The van der Waals surface area contributed by atoms with Crippen LogP contribution in [-0.4, -0.2) is 34.3 Å². The van der Waals surface area contributed by atoms with Crippen molar-refractivity contribution >= 4 is 39.3 Å². The molecule has 2 aromatic carbocycles. The van der Waals surface area contributed by atoms with E-state index in [0.717, 1.165) is 33.0 Å². The molecule has 0 aliphatic carbocycles. The maximum atomic E-state index is 12.6. The first-order chi connectivity index (χ1) is 14.2. The Kier molecular flexibility index (Phi) is 6.07. The van der Waals surface area contributed by atoms with Gasteiger partial charge in [-0.1, -0.05) is 30.3 Å². The Morgan fingerprint density at radius 2 is 2.00 bits per heavy atom. The zero-order valence-corrected chi connectivity index (χ0v) is 16.9. The Balaban J connectivity index is 1.40. The number of nitrogens with one attached hydrogen (secondary N) is 2. The topological polar surface area (TPSA) is 75.6 Å². The highest BCUT2D eigenvalue weighted by Crippen LogP contribution is 2.21. The molecule has 7 heteroatoms. The second-order valence-corrected chi connectivity index (χ2v) is 7.95. The van der Waals surface area contributed by atoms with Gasteiger partial charge >= 0.3 is 0 Å². The number of para-hydroxylation sites is 2. The van der Waals surface area contributed by atoms with E-state index >= 15 is 0 Å². The molecule has 1 aliphatic heterocycles. The predicted molar refractivity (Wildman–Crippen MR) is 118 cm³/mol. The zero-order valence-electron chi connectivity index (χ0n) is 16.1. The maximum absolute atomic E-state index is 12.6. The summed E-state index contributed by atoms with van der Waals surface area (Å²) in [6.45, 7) is 2.94. The minimum absolute atomic E-state index is 0.0913. The van der Waals surface area contributed by atoms with Gasteiger partial charge in [0.05, 0.1) is 28.8 Å². The van der Waals surface area contributed by atoms with E-state index in [1.165, 1.54) is 0 Å². The molecule has 4 rings (SSSR count). The molecule has 0 saturated heterocycles. The third kappa shape index (κ3) is 4.75. The fourth-order valence-electron chi connectivity index (χ4n) is 3.23. The van der Waals surface area contributed by atoms with Crippen molar-refractivity contribution in [1.82, 2.24) is 10.5 Å². The van der Waals surface area contributed by atoms with Crippen LogP contribution in [0.1, 0.15) is 22.8 Å². The monoisotopic (exact) mass is 406 g/mol. The number of rotatable bonds is 7. The van der Waals surface area contributed by atoms with Crippen LogP contribution in [0.2, 0.25) is 0 Å². The number of nitrogens with zero attached hydrogens (tertiary/aromatic N) is 2. The highest BCUT2D eigenvalue weighted by Gasteiger charge is 2.17.